The average Bonchev–Trinajstić information content (AvgIpc) is 2.70. The normalized spacial score (nSPS) is 23.4. The Bertz CT molecular complexity index is 382. The quantitative estimate of drug-likeness (QED) is 0.338. The number of rotatable bonds is 3. The lowest BCUT2D eigenvalue weighted by molar-refractivity contribution is 0.318. The highest BCUT2D eigenvalue weighted by atomic mass is 35.5. The van der Waals surface area contributed by atoms with Crippen molar-refractivity contribution in [2.24, 2.45) is 17.7 Å². The number of amidine groups is 1. The highest BCUT2D eigenvalue weighted by Crippen LogP contribution is 2.24. The number of hydrogen-bond acceptors (Lipinski definition) is 3. The third-order valence-corrected chi connectivity index (χ3v) is 3.46. The molecule has 0 aromatic heterocycles. The van der Waals surface area contributed by atoms with Crippen LogP contribution >= 0.6 is 12.4 Å². The maximum Gasteiger partial charge on any atom is 0.112 e. The van der Waals surface area contributed by atoms with Crippen molar-refractivity contribution in [2.45, 2.75) is 13.5 Å². The molecular weight excluding hydrogens is 248 g/mol. The number of nitrogens with one attached hydrogen (secondary N) is 2. The van der Waals surface area contributed by atoms with Gasteiger partial charge in [-0.05, 0) is 11.5 Å². The Morgan fingerprint density at radius 2 is 2.06 bits per heavy atom. The van der Waals surface area contributed by atoms with Crippen LogP contribution in [0.5, 0.6) is 0 Å². The number of nitrogens with zero attached hydrogens (tertiary/aromatic N) is 1. The Kier molecular flexibility index (Phi) is 5.59. The Labute approximate surface area is 114 Å². The van der Waals surface area contributed by atoms with Gasteiger partial charge in [-0.25, -0.2) is 5.84 Å². The molecule has 1 heterocycles. The molecule has 0 spiro atoms. The summed E-state index contributed by atoms with van der Waals surface area (Å²) in [5.41, 5.74) is 3.80. The predicted molar refractivity (Wildman–Crippen MR) is 76.7 cm³/mol. The van der Waals surface area contributed by atoms with E-state index in [-0.39, 0.29) is 18.3 Å². The fourth-order valence-electron chi connectivity index (χ4n) is 2.52. The molecule has 2 rings (SSSR count). The third kappa shape index (κ3) is 3.45. The van der Waals surface area contributed by atoms with E-state index in [0.29, 0.717) is 11.8 Å². The topological polar surface area (TPSA) is 65.1 Å². The van der Waals surface area contributed by atoms with Gasteiger partial charge in [0.05, 0.1) is 0 Å². The molecule has 100 valence electrons. The summed E-state index contributed by atoms with van der Waals surface area (Å²) < 4.78 is 0. The van der Waals surface area contributed by atoms with Crippen LogP contribution in [0.4, 0.5) is 0 Å². The number of hydrazine groups is 1. The molecule has 4 nitrogen and oxygen atoms in total. The molecule has 1 saturated heterocycles. The molecule has 1 fully saturated rings. The van der Waals surface area contributed by atoms with E-state index in [1.807, 2.05) is 6.07 Å². The largest absolute Gasteiger partial charge is 0.312 e. The maximum atomic E-state index is 7.77. The SMILES string of the molecule is C[C@@H]1CN(Cc2ccccc2)C[C@H]1C(=N)NN.Cl. The van der Waals surface area contributed by atoms with E-state index in [9.17, 15) is 0 Å². The van der Waals surface area contributed by atoms with Crippen LogP contribution in [0, 0.1) is 17.2 Å². The average molecular weight is 269 g/mol. The summed E-state index contributed by atoms with van der Waals surface area (Å²) in [6, 6.07) is 10.5. The minimum atomic E-state index is 0. The number of likely N-dealkylation sites (tertiary alicyclic amines) is 1. The molecule has 1 aromatic rings. The molecule has 0 unspecified atom stereocenters. The van der Waals surface area contributed by atoms with Gasteiger partial charge in [-0.3, -0.25) is 10.3 Å². The van der Waals surface area contributed by atoms with E-state index in [2.05, 4.69) is 41.5 Å². The van der Waals surface area contributed by atoms with Gasteiger partial charge < -0.3 is 5.43 Å². The molecule has 5 heteroatoms. The molecule has 1 aliphatic heterocycles. The summed E-state index contributed by atoms with van der Waals surface area (Å²) >= 11 is 0. The van der Waals surface area contributed by atoms with Crippen LogP contribution < -0.4 is 11.3 Å². The minimum Gasteiger partial charge on any atom is -0.312 e. The highest BCUT2D eigenvalue weighted by molar-refractivity contribution is 5.85. The first-order valence-electron chi connectivity index (χ1n) is 6.02. The maximum absolute atomic E-state index is 7.77. The van der Waals surface area contributed by atoms with Crippen molar-refractivity contribution in [1.29, 1.82) is 5.41 Å². The summed E-state index contributed by atoms with van der Waals surface area (Å²) in [5.74, 6) is 6.50. The van der Waals surface area contributed by atoms with Crippen molar-refractivity contribution < 1.29 is 0 Å². The summed E-state index contributed by atoms with van der Waals surface area (Å²) in [5, 5.41) is 7.77. The molecule has 2 atom stereocenters. The second-order valence-corrected chi connectivity index (χ2v) is 4.82. The van der Waals surface area contributed by atoms with Crippen LogP contribution in [0.2, 0.25) is 0 Å². The van der Waals surface area contributed by atoms with Gasteiger partial charge in [0.25, 0.3) is 0 Å². The zero-order valence-electron chi connectivity index (χ0n) is 10.6. The van der Waals surface area contributed by atoms with Gasteiger partial charge in [0, 0.05) is 25.6 Å². The summed E-state index contributed by atoms with van der Waals surface area (Å²) in [4.78, 5) is 2.39. The van der Waals surface area contributed by atoms with Gasteiger partial charge in [0.1, 0.15) is 5.84 Å². The summed E-state index contributed by atoms with van der Waals surface area (Å²) in [6.45, 7) is 5.09. The first-order chi connectivity index (χ1) is 8.20. The van der Waals surface area contributed by atoms with Gasteiger partial charge in [-0.1, -0.05) is 37.3 Å². The van der Waals surface area contributed by atoms with Crippen LogP contribution in [-0.4, -0.2) is 23.8 Å². The molecule has 0 amide bonds. The summed E-state index contributed by atoms with van der Waals surface area (Å²) in [6.07, 6.45) is 0. The third-order valence-electron chi connectivity index (χ3n) is 3.46. The fourth-order valence-corrected chi connectivity index (χ4v) is 2.52. The van der Waals surface area contributed by atoms with Crippen molar-refractivity contribution in [2.75, 3.05) is 13.1 Å². The van der Waals surface area contributed by atoms with Gasteiger partial charge in [-0.15, -0.1) is 12.4 Å². The van der Waals surface area contributed by atoms with E-state index >= 15 is 0 Å². The lowest BCUT2D eigenvalue weighted by Crippen LogP contribution is -2.38. The zero-order valence-corrected chi connectivity index (χ0v) is 11.4. The van der Waals surface area contributed by atoms with Crippen molar-refractivity contribution >= 4 is 18.2 Å². The Hall–Kier alpha value is -1.10. The van der Waals surface area contributed by atoms with Crippen molar-refractivity contribution in [3.8, 4) is 0 Å². The molecular formula is C13H21ClN4. The molecule has 18 heavy (non-hydrogen) atoms. The Morgan fingerprint density at radius 3 is 2.67 bits per heavy atom. The van der Waals surface area contributed by atoms with Crippen molar-refractivity contribution in [3.63, 3.8) is 0 Å². The Balaban J connectivity index is 0.00000162. The second kappa shape index (κ2) is 6.73. The molecule has 0 aliphatic carbocycles. The monoisotopic (exact) mass is 268 g/mol. The van der Waals surface area contributed by atoms with E-state index in [1.54, 1.807) is 0 Å². The van der Waals surface area contributed by atoms with Crippen LogP contribution in [0.3, 0.4) is 0 Å². The number of nitrogens with two attached hydrogens (primary N) is 1. The second-order valence-electron chi connectivity index (χ2n) is 4.82. The van der Waals surface area contributed by atoms with E-state index in [4.69, 9.17) is 11.3 Å². The lowest BCUT2D eigenvalue weighted by Gasteiger charge is -2.16. The minimum absolute atomic E-state index is 0. The van der Waals surface area contributed by atoms with Crippen molar-refractivity contribution in [3.05, 3.63) is 35.9 Å². The lowest BCUT2D eigenvalue weighted by atomic mass is 9.97. The molecule has 1 aliphatic rings. The molecule has 0 saturated carbocycles. The van der Waals surface area contributed by atoms with Crippen LogP contribution in [0.15, 0.2) is 30.3 Å². The smallest absolute Gasteiger partial charge is 0.112 e. The van der Waals surface area contributed by atoms with E-state index in [0.717, 1.165) is 19.6 Å². The Morgan fingerprint density at radius 1 is 1.39 bits per heavy atom. The number of halogens is 1. The summed E-state index contributed by atoms with van der Waals surface area (Å²) in [7, 11) is 0. The van der Waals surface area contributed by atoms with Gasteiger partial charge in [0.2, 0.25) is 0 Å². The standard InChI is InChI=1S/C13H20N4.ClH/c1-10-7-17(9-12(10)13(14)16-15)8-11-5-3-2-4-6-11;/h2-6,10,12H,7-9,15H2,1H3,(H2,14,16);1H/t10-,12-;/m1./s1. The molecule has 1 aromatic carbocycles. The van der Waals surface area contributed by atoms with E-state index in [1.165, 1.54) is 5.56 Å². The van der Waals surface area contributed by atoms with Crippen LogP contribution in [-0.2, 0) is 6.54 Å². The molecule has 4 N–H and O–H groups in total. The van der Waals surface area contributed by atoms with Crippen molar-refractivity contribution in [1.82, 2.24) is 10.3 Å². The first-order valence-corrected chi connectivity index (χ1v) is 6.02. The molecule has 0 bridgehead atoms. The highest BCUT2D eigenvalue weighted by Gasteiger charge is 2.32. The number of benzene rings is 1. The fraction of sp³-hybridized carbons (Fsp3) is 0.462. The van der Waals surface area contributed by atoms with E-state index < -0.39 is 0 Å². The van der Waals surface area contributed by atoms with Gasteiger partial charge in [-0.2, -0.15) is 0 Å². The van der Waals surface area contributed by atoms with Crippen LogP contribution in [0.25, 0.3) is 0 Å². The van der Waals surface area contributed by atoms with Crippen LogP contribution in [0.1, 0.15) is 12.5 Å². The molecule has 0 radical (unpaired) electrons. The first kappa shape index (κ1) is 15.0. The number of hydrogen-bond donors (Lipinski definition) is 3. The van der Waals surface area contributed by atoms with Gasteiger partial charge >= 0.3 is 0 Å². The van der Waals surface area contributed by atoms with Gasteiger partial charge in [0.15, 0.2) is 0 Å². The zero-order chi connectivity index (χ0) is 12.3. The predicted octanol–water partition coefficient (Wildman–Crippen LogP) is 1.62.